The number of halogens is 1. The first-order valence-electron chi connectivity index (χ1n) is 7.79. The number of hydrogen-bond donors (Lipinski definition) is 1. The van der Waals surface area contributed by atoms with Crippen LogP contribution in [-0.2, 0) is 21.4 Å². The van der Waals surface area contributed by atoms with Crippen molar-refractivity contribution in [1.29, 1.82) is 0 Å². The van der Waals surface area contributed by atoms with Crippen LogP contribution in [0.1, 0.15) is 5.76 Å². The highest BCUT2D eigenvalue weighted by Gasteiger charge is 2.21. The molecule has 9 heteroatoms. The summed E-state index contributed by atoms with van der Waals surface area (Å²) in [6.07, 6.45) is 0. The van der Waals surface area contributed by atoms with Crippen LogP contribution in [0.4, 0.5) is 4.39 Å². The lowest BCUT2D eigenvalue weighted by Crippen LogP contribution is -2.11. The number of primary sulfonamides is 1. The summed E-state index contributed by atoms with van der Waals surface area (Å²) in [4.78, 5) is -0.0203. The van der Waals surface area contributed by atoms with E-state index in [0.29, 0.717) is 28.1 Å². The largest absolute Gasteiger partial charge is 0.494 e. The van der Waals surface area contributed by atoms with Crippen LogP contribution in [0.3, 0.4) is 0 Å². The predicted octanol–water partition coefficient (Wildman–Crippen LogP) is 2.95. The molecule has 27 heavy (non-hydrogen) atoms. The average Bonchev–Trinajstić information content (AvgIpc) is 3.05. The van der Waals surface area contributed by atoms with Crippen molar-refractivity contribution >= 4 is 10.0 Å². The molecule has 0 saturated heterocycles. The number of rotatable bonds is 6. The van der Waals surface area contributed by atoms with Gasteiger partial charge >= 0.3 is 0 Å². The van der Waals surface area contributed by atoms with Gasteiger partial charge in [0.25, 0.3) is 0 Å². The molecule has 0 spiro atoms. The Morgan fingerprint density at radius 3 is 2.33 bits per heavy atom. The van der Waals surface area contributed by atoms with E-state index in [0.717, 1.165) is 0 Å². The third-order valence-corrected chi connectivity index (χ3v) is 4.86. The van der Waals surface area contributed by atoms with Gasteiger partial charge in [-0.15, -0.1) is 0 Å². The molecular weight excluding hydrogens is 375 g/mol. The fraction of sp³-hybridized carbons (Fsp3) is 0.167. The standard InChI is InChI=1S/C18H17FN2O5S/c1-24-10-16-17(11-3-6-13(7-4-11)27(20,22)23)18(21-26-16)12-5-8-15(25-2)14(19)9-12/h3-9H,10H2,1-2H3,(H2,20,22,23). The summed E-state index contributed by atoms with van der Waals surface area (Å²) in [5.41, 5.74) is 2.07. The molecule has 3 rings (SSSR count). The van der Waals surface area contributed by atoms with Crippen LogP contribution in [0, 0.1) is 5.82 Å². The minimum Gasteiger partial charge on any atom is -0.494 e. The van der Waals surface area contributed by atoms with Gasteiger partial charge in [0.1, 0.15) is 12.3 Å². The fourth-order valence-electron chi connectivity index (χ4n) is 2.67. The summed E-state index contributed by atoms with van der Waals surface area (Å²) >= 11 is 0. The molecule has 0 unspecified atom stereocenters. The molecule has 1 aromatic heterocycles. The van der Waals surface area contributed by atoms with Crippen molar-refractivity contribution in [3.8, 4) is 28.1 Å². The SMILES string of the molecule is COCc1onc(-c2ccc(OC)c(F)c2)c1-c1ccc(S(N)(=O)=O)cc1. The molecule has 3 aromatic rings. The number of hydrogen-bond acceptors (Lipinski definition) is 6. The minimum atomic E-state index is -3.81. The second-order valence-corrected chi connectivity index (χ2v) is 7.24. The van der Waals surface area contributed by atoms with Crippen LogP contribution in [0.25, 0.3) is 22.4 Å². The van der Waals surface area contributed by atoms with E-state index in [1.54, 1.807) is 18.2 Å². The molecule has 0 bridgehead atoms. The maximum absolute atomic E-state index is 14.1. The van der Waals surface area contributed by atoms with Gasteiger partial charge in [-0.05, 0) is 35.9 Å². The zero-order valence-corrected chi connectivity index (χ0v) is 15.4. The van der Waals surface area contributed by atoms with Gasteiger partial charge in [0.15, 0.2) is 17.3 Å². The summed E-state index contributed by atoms with van der Waals surface area (Å²) in [5.74, 6) is -0.00712. The van der Waals surface area contributed by atoms with Crippen molar-refractivity contribution in [1.82, 2.24) is 5.16 Å². The second-order valence-electron chi connectivity index (χ2n) is 5.68. The fourth-order valence-corrected chi connectivity index (χ4v) is 3.19. The van der Waals surface area contributed by atoms with Gasteiger partial charge in [0.2, 0.25) is 10.0 Å². The Labute approximate surface area is 155 Å². The van der Waals surface area contributed by atoms with E-state index in [1.807, 2.05) is 0 Å². The Kier molecular flexibility index (Phi) is 5.26. The molecule has 0 radical (unpaired) electrons. The zero-order valence-electron chi connectivity index (χ0n) is 14.6. The maximum atomic E-state index is 14.1. The van der Waals surface area contributed by atoms with Crippen LogP contribution in [-0.4, -0.2) is 27.8 Å². The molecule has 0 aliphatic rings. The van der Waals surface area contributed by atoms with E-state index in [-0.39, 0.29) is 17.3 Å². The predicted molar refractivity (Wildman–Crippen MR) is 96.0 cm³/mol. The second kappa shape index (κ2) is 7.47. The number of nitrogens with zero attached hydrogens (tertiary/aromatic N) is 1. The third-order valence-electron chi connectivity index (χ3n) is 3.93. The quantitative estimate of drug-likeness (QED) is 0.692. The first kappa shape index (κ1) is 19.0. The molecule has 0 fully saturated rings. The van der Waals surface area contributed by atoms with E-state index in [1.165, 1.54) is 38.5 Å². The highest BCUT2D eigenvalue weighted by Crippen LogP contribution is 2.36. The van der Waals surface area contributed by atoms with Crippen molar-refractivity contribution in [3.05, 3.63) is 54.0 Å². The van der Waals surface area contributed by atoms with Crippen molar-refractivity contribution in [3.63, 3.8) is 0 Å². The molecule has 1 heterocycles. The van der Waals surface area contributed by atoms with E-state index < -0.39 is 15.8 Å². The number of sulfonamides is 1. The molecule has 142 valence electrons. The smallest absolute Gasteiger partial charge is 0.238 e. The van der Waals surface area contributed by atoms with Crippen LogP contribution in [0.5, 0.6) is 5.75 Å². The number of nitrogens with two attached hydrogens (primary N) is 1. The molecule has 0 saturated carbocycles. The molecular formula is C18H17FN2O5S. The summed E-state index contributed by atoms with van der Waals surface area (Å²) in [6.45, 7) is 0.137. The number of ether oxygens (including phenoxy) is 2. The Balaban J connectivity index is 2.14. The maximum Gasteiger partial charge on any atom is 0.238 e. The topological polar surface area (TPSA) is 105 Å². The van der Waals surface area contributed by atoms with Crippen LogP contribution >= 0.6 is 0 Å². The van der Waals surface area contributed by atoms with Gasteiger partial charge in [-0.25, -0.2) is 17.9 Å². The van der Waals surface area contributed by atoms with Crippen molar-refractivity contribution in [2.24, 2.45) is 5.14 Å². The number of aromatic nitrogens is 1. The number of methoxy groups -OCH3 is 2. The van der Waals surface area contributed by atoms with Crippen molar-refractivity contribution in [2.75, 3.05) is 14.2 Å². The minimum absolute atomic E-state index is 0.0203. The van der Waals surface area contributed by atoms with Gasteiger partial charge in [-0.2, -0.15) is 0 Å². The Morgan fingerprint density at radius 2 is 1.78 bits per heavy atom. The van der Waals surface area contributed by atoms with Crippen LogP contribution in [0.15, 0.2) is 51.9 Å². The van der Waals surface area contributed by atoms with Crippen molar-refractivity contribution < 1.29 is 26.8 Å². The van der Waals surface area contributed by atoms with Gasteiger partial charge < -0.3 is 14.0 Å². The van der Waals surface area contributed by atoms with Crippen molar-refractivity contribution in [2.45, 2.75) is 11.5 Å². The highest BCUT2D eigenvalue weighted by atomic mass is 32.2. The third kappa shape index (κ3) is 3.85. The molecule has 2 aromatic carbocycles. The van der Waals surface area contributed by atoms with Gasteiger partial charge in [0.05, 0.1) is 17.6 Å². The van der Waals surface area contributed by atoms with E-state index in [4.69, 9.17) is 19.1 Å². The lowest BCUT2D eigenvalue weighted by Gasteiger charge is -2.07. The van der Waals surface area contributed by atoms with Crippen LogP contribution < -0.4 is 9.88 Å². The first-order valence-corrected chi connectivity index (χ1v) is 9.34. The first-order chi connectivity index (χ1) is 12.8. The Hall–Kier alpha value is -2.75. The number of benzene rings is 2. The monoisotopic (exact) mass is 392 g/mol. The van der Waals surface area contributed by atoms with E-state index >= 15 is 0 Å². The molecule has 0 atom stereocenters. The summed E-state index contributed by atoms with van der Waals surface area (Å²) in [6, 6.07) is 10.3. The van der Waals surface area contributed by atoms with Crippen LogP contribution in [0.2, 0.25) is 0 Å². The highest BCUT2D eigenvalue weighted by molar-refractivity contribution is 7.89. The Bertz CT molecular complexity index is 1060. The van der Waals surface area contributed by atoms with Gasteiger partial charge in [0, 0.05) is 12.7 Å². The lowest BCUT2D eigenvalue weighted by atomic mass is 9.99. The molecule has 7 nitrogen and oxygen atoms in total. The molecule has 0 amide bonds. The molecule has 0 aliphatic heterocycles. The average molecular weight is 392 g/mol. The summed E-state index contributed by atoms with van der Waals surface area (Å²) in [7, 11) is -0.930. The van der Waals surface area contributed by atoms with Gasteiger partial charge in [-0.1, -0.05) is 17.3 Å². The molecule has 2 N–H and O–H groups in total. The van der Waals surface area contributed by atoms with Gasteiger partial charge in [-0.3, -0.25) is 0 Å². The zero-order chi connectivity index (χ0) is 19.6. The normalized spacial score (nSPS) is 11.6. The molecule has 0 aliphatic carbocycles. The lowest BCUT2D eigenvalue weighted by molar-refractivity contribution is 0.156. The van der Waals surface area contributed by atoms with E-state index in [2.05, 4.69) is 5.16 Å². The van der Waals surface area contributed by atoms with E-state index in [9.17, 15) is 12.8 Å². The summed E-state index contributed by atoms with van der Waals surface area (Å²) in [5, 5.41) is 9.18. The Morgan fingerprint density at radius 1 is 1.11 bits per heavy atom. The summed E-state index contributed by atoms with van der Waals surface area (Å²) < 4.78 is 52.5.